The van der Waals surface area contributed by atoms with Gasteiger partial charge in [0, 0.05) is 28.4 Å². The number of carbonyl (C=O) groups excluding carboxylic acids is 5. The van der Waals surface area contributed by atoms with Gasteiger partial charge >= 0.3 is 30.0 Å². The SMILES string of the molecule is Cc1cc(SCC2[C@@H](O)[C@H]3[C@H](C(=O)OCOC(=O)C4CCCC4)[C@H]3[C@]2(NC(=O)OC(C)(C)C)C(=O)OCOC(=O)C2CCCC2)ccc1F. The fourth-order valence-electron chi connectivity index (χ4n) is 7.61. The number of nitrogens with one attached hydrogen (secondary N) is 1. The summed E-state index contributed by atoms with van der Waals surface area (Å²) in [6.45, 7) is 5.17. The number of fused-ring (bicyclic) bond motifs is 1. The normalized spacial score (nSPS) is 28.0. The average Bonchev–Trinajstić information content (AvgIpc) is 3.40. The number of benzene rings is 1. The maximum absolute atomic E-state index is 14.2. The molecule has 4 aliphatic rings. The van der Waals surface area contributed by atoms with Crippen molar-refractivity contribution in [3.8, 4) is 0 Å². The molecule has 1 amide bonds. The third-order valence-corrected chi connectivity index (χ3v) is 11.2. The predicted molar refractivity (Wildman–Crippen MR) is 172 cm³/mol. The number of hydrogen-bond acceptors (Lipinski definition) is 12. The third kappa shape index (κ3) is 8.33. The average molecular weight is 708 g/mol. The van der Waals surface area contributed by atoms with Crippen molar-refractivity contribution in [3.05, 3.63) is 29.6 Å². The standard InChI is InChI=1S/C35H46FNO11S/c1-19-15-22(13-14-24(19)36)49-16-23-28(38)25-26(31(41)46-17-44-29(39)20-9-5-6-10-20)27(25)35(23,37-33(43)48-34(2,3)4)32(42)47-18-45-30(40)21-11-7-8-12-21/h13-15,20-21,23,25-28,38H,5-12,16-18H2,1-4H3,(H,37,43)/t23?,25-,26-,27-,28+,35-/m0/s1. The Kier molecular flexibility index (Phi) is 11.5. The van der Waals surface area contributed by atoms with E-state index in [0.29, 0.717) is 36.1 Å². The van der Waals surface area contributed by atoms with E-state index in [1.807, 2.05) is 0 Å². The molecule has 0 aromatic heterocycles. The highest BCUT2D eigenvalue weighted by Gasteiger charge is 2.80. The lowest BCUT2D eigenvalue weighted by Crippen LogP contribution is -2.63. The Labute approximate surface area is 289 Å². The van der Waals surface area contributed by atoms with Crippen LogP contribution in [0.3, 0.4) is 0 Å². The lowest BCUT2D eigenvalue weighted by Gasteiger charge is -2.38. The minimum atomic E-state index is -2.02. The molecule has 49 heavy (non-hydrogen) atoms. The van der Waals surface area contributed by atoms with Gasteiger partial charge in [-0.2, -0.15) is 0 Å². The second-order valence-corrected chi connectivity index (χ2v) is 15.6. The Morgan fingerprint density at radius 1 is 0.898 bits per heavy atom. The molecule has 0 heterocycles. The van der Waals surface area contributed by atoms with Crippen LogP contribution in [0.15, 0.2) is 23.1 Å². The van der Waals surface area contributed by atoms with E-state index in [9.17, 15) is 33.5 Å². The van der Waals surface area contributed by atoms with Gasteiger partial charge in [0.25, 0.3) is 0 Å². The number of halogens is 1. The van der Waals surface area contributed by atoms with Crippen LogP contribution in [0.1, 0.15) is 77.7 Å². The highest BCUT2D eigenvalue weighted by atomic mass is 32.2. The van der Waals surface area contributed by atoms with Gasteiger partial charge in [0.05, 0.1) is 23.9 Å². The number of hydrogen-bond donors (Lipinski definition) is 2. The summed E-state index contributed by atoms with van der Waals surface area (Å²) in [6, 6.07) is 4.50. The van der Waals surface area contributed by atoms with Gasteiger partial charge in [0.2, 0.25) is 13.6 Å². The van der Waals surface area contributed by atoms with Gasteiger partial charge in [-0.3, -0.25) is 14.4 Å². The molecule has 1 aromatic carbocycles. The van der Waals surface area contributed by atoms with Crippen molar-refractivity contribution in [2.45, 2.75) is 101 Å². The van der Waals surface area contributed by atoms with Gasteiger partial charge in [-0.25, -0.2) is 14.0 Å². The molecule has 6 atom stereocenters. The molecule has 4 aliphatic carbocycles. The zero-order chi connectivity index (χ0) is 35.5. The van der Waals surface area contributed by atoms with E-state index >= 15 is 0 Å². The lowest BCUT2D eigenvalue weighted by molar-refractivity contribution is -0.177. The van der Waals surface area contributed by atoms with Crippen LogP contribution in [-0.2, 0) is 42.9 Å². The van der Waals surface area contributed by atoms with Crippen LogP contribution < -0.4 is 5.32 Å². The number of rotatable bonds is 12. The van der Waals surface area contributed by atoms with E-state index in [1.54, 1.807) is 39.8 Å². The molecule has 0 saturated heterocycles. The van der Waals surface area contributed by atoms with E-state index < -0.39 is 90.3 Å². The summed E-state index contributed by atoms with van der Waals surface area (Å²) in [5.74, 6) is -7.57. The zero-order valence-corrected chi connectivity index (χ0v) is 29.2. The smallest absolute Gasteiger partial charge is 0.408 e. The van der Waals surface area contributed by atoms with Crippen LogP contribution in [0.4, 0.5) is 9.18 Å². The molecule has 14 heteroatoms. The molecule has 0 bridgehead atoms. The molecule has 0 aliphatic heterocycles. The monoisotopic (exact) mass is 707 g/mol. The molecule has 12 nitrogen and oxygen atoms in total. The van der Waals surface area contributed by atoms with Gasteiger partial charge in [-0.05, 0) is 77.1 Å². The Bertz CT molecular complexity index is 1420. The van der Waals surface area contributed by atoms with Crippen LogP contribution in [-0.4, -0.2) is 71.7 Å². The molecule has 4 saturated carbocycles. The largest absolute Gasteiger partial charge is 0.444 e. The fourth-order valence-corrected chi connectivity index (χ4v) is 8.86. The first-order valence-electron chi connectivity index (χ1n) is 17.0. The Morgan fingerprint density at radius 3 is 2.00 bits per heavy atom. The molecule has 1 unspecified atom stereocenters. The van der Waals surface area contributed by atoms with Gasteiger partial charge in [-0.15, -0.1) is 11.8 Å². The van der Waals surface area contributed by atoms with Crippen molar-refractivity contribution in [1.29, 1.82) is 0 Å². The summed E-state index contributed by atoms with van der Waals surface area (Å²) in [6.07, 6.45) is 4.11. The molecular formula is C35H46FNO11S. The number of aryl methyl sites for hydroxylation is 1. The summed E-state index contributed by atoms with van der Waals surface area (Å²) in [7, 11) is 0. The van der Waals surface area contributed by atoms with Crippen molar-refractivity contribution >= 4 is 41.7 Å². The Morgan fingerprint density at radius 2 is 1.45 bits per heavy atom. The summed E-state index contributed by atoms with van der Waals surface area (Å²) < 4.78 is 40.8. The van der Waals surface area contributed by atoms with E-state index in [1.165, 1.54) is 17.8 Å². The summed E-state index contributed by atoms with van der Waals surface area (Å²) in [5, 5.41) is 14.4. The molecule has 0 spiro atoms. The summed E-state index contributed by atoms with van der Waals surface area (Å²) >= 11 is 1.23. The number of amides is 1. The van der Waals surface area contributed by atoms with Gasteiger partial charge in [0.1, 0.15) is 11.4 Å². The Hall–Kier alpha value is -3.39. The van der Waals surface area contributed by atoms with Crippen molar-refractivity contribution in [3.63, 3.8) is 0 Å². The minimum Gasteiger partial charge on any atom is -0.444 e. The van der Waals surface area contributed by atoms with Crippen molar-refractivity contribution in [1.82, 2.24) is 5.32 Å². The number of esters is 4. The molecule has 5 rings (SSSR count). The molecule has 270 valence electrons. The number of carbonyl (C=O) groups is 5. The van der Waals surface area contributed by atoms with Crippen LogP contribution in [0.5, 0.6) is 0 Å². The summed E-state index contributed by atoms with van der Waals surface area (Å²) in [5.41, 5.74) is -2.58. The maximum Gasteiger partial charge on any atom is 0.408 e. The van der Waals surface area contributed by atoms with Crippen molar-refractivity contribution in [2.75, 3.05) is 19.3 Å². The second-order valence-electron chi connectivity index (χ2n) is 14.5. The molecule has 2 N–H and O–H groups in total. The van der Waals surface area contributed by atoms with Gasteiger partial charge in [-0.1, -0.05) is 25.7 Å². The van der Waals surface area contributed by atoms with Crippen LogP contribution in [0.25, 0.3) is 0 Å². The predicted octanol–water partition coefficient (Wildman–Crippen LogP) is 4.81. The highest BCUT2D eigenvalue weighted by molar-refractivity contribution is 7.99. The van der Waals surface area contributed by atoms with E-state index in [2.05, 4.69) is 5.32 Å². The van der Waals surface area contributed by atoms with Crippen molar-refractivity contribution < 1.29 is 57.2 Å². The number of aliphatic hydroxyl groups excluding tert-OH is 1. The van der Waals surface area contributed by atoms with E-state index in [0.717, 1.165) is 25.7 Å². The topological polar surface area (TPSA) is 164 Å². The quantitative estimate of drug-likeness (QED) is 0.132. The number of thioether (sulfide) groups is 1. The first-order valence-corrected chi connectivity index (χ1v) is 18.0. The van der Waals surface area contributed by atoms with Crippen molar-refractivity contribution in [2.24, 2.45) is 35.5 Å². The minimum absolute atomic E-state index is 0.0484. The second kappa shape index (κ2) is 15.2. The van der Waals surface area contributed by atoms with Crippen LogP contribution >= 0.6 is 11.8 Å². The lowest BCUT2D eigenvalue weighted by atomic mass is 9.80. The van der Waals surface area contributed by atoms with Gasteiger partial charge < -0.3 is 34.1 Å². The number of aliphatic hydroxyl groups is 1. The Balaban J connectivity index is 1.38. The highest BCUT2D eigenvalue weighted by Crippen LogP contribution is 2.66. The molecule has 0 radical (unpaired) electrons. The maximum atomic E-state index is 14.2. The van der Waals surface area contributed by atoms with Crippen LogP contribution in [0, 0.1) is 48.2 Å². The number of alkyl carbamates (subject to hydrolysis) is 1. The van der Waals surface area contributed by atoms with E-state index in [-0.39, 0.29) is 17.6 Å². The van der Waals surface area contributed by atoms with Crippen LogP contribution in [0.2, 0.25) is 0 Å². The zero-order valence-electron chi connectivity index (χ0n) is 28.4. The third-order valence-electron chi connectivity index (χ3n) is 10.0. The number of ether oxygens (including phenoxy) is 5. The first-order chi connectivity index (χ1) is 23.2. The fraction of sp³-hybridized carbons (Fsp3) is 0.686. The summed E-state index contributed by atoms with van der Waals surface area (Å²) in [4.78, 5) is 66.5. The molecule has 4 fully saturated rings. The molecule has 1 aromatic rings. The molecular weight excluding hydrogens is 661 g/mol. The van der Waals surface area contributed by atoms with E-state index in [4.69, 9.17) is 23.7 Å². The first kappa shape index (κ1) is 36.9. The van der Waals surface area contributed by atoms with Gasteiger partial charge in [0.15, 0.2) is 5.54 Å².